The molecule has 1 aliphatic rings. The van der Waals surface area contributed by atoms with Gasteiger partial charge in [-0.05, 0) is 43.5 Å². The van der Waals surface area contributed by atoms with Crippen LogP contribution in [0.15, 0.2) is 36.7 Å². The molecule has 0 spiro atoms. The molecule has 2 N–H and O–H groups in total. The van der Waals surface area contributed by atoms with Gasteiger partial charge in [0.1, 0.15) is 5.75 Å². The van der Waals surface area contributed by atoms with Gasteiger partial charge in [-0.25, -0.2) is 0 Å². The Morgan fingerprint density at radius 3 is 2.82 bits per heavy atom. The number of aryl methyl sites for hydroxylation is 1. The molecule has 22 heavy (non-hydrogen) atoms. The molecule has 114 valence electrons. The van der Waals surface area contributed by atoms with Crippen molar-refractivity contribution >= 4 is 17.3 Å². The first-order valence-electron chi connectivity index (χ1n) is 7.33. The molecule has 1 heterocycles. The maximum atomic E-state index is 12.4. The Balaban J connectivity index is 1.77. The van der Waals surface area contributed by atoms with Crippen LogP contribution in [0.1, 0.15) is 28.8 Å². The third kappa shape index (κ3) is 3.36. The number of hydrogen-bond acceptors (Lipinski definition) is 4. The van der Waals surface area contributed by atoms with Gasteiger partial charge in [0.2, 0.25) is 0 Å². The number of amides is 1. The Bertz CT molecular complexity index is 696. The van der Waals surface area contributed by atoms with Crippen LogP contribution in [0.2, 0.25) is 0 Å². The minimum absolute atomic E-state index is 0.198. The molecule has 0 aliphatic heterocycles. The maximum absolute atomic E-state index is 12.4. The molecule has 0 saturated heterocycles. The molecule has 0 bridgehead atoms. The van der Waals surface area contributed by atoms with E-state index in [9.17, 15) is 4.79 Å². The third-order valence-electron chi connectivity index (χ3n) is 3.55. The van der Waals surface area contributed by atoms with Gasteiger partial charge in [-0.1, -0.05) is 6.07 Å². The van der Waals surface area contributed by atoms with E-state index in [0.717, 1.165) is 11.3 Å². The number of nitrogens with one attached hydrogen (secondary N) is 2. The molecular weight excluding hydrogens is 278 g/mol. The number of nitrogens with zero attached hydrogens (tertiary/aromatic N) is 1. The van der Waals surface area contributed by atoms with E-state index in [-0.39, 0.29) is 5.91 Å². The average Bonchev–Trinajstić information content (AvgIpc) is 3.32. The zero-order chi connectivity index (χ0) is 15.5. The molecular formula is C17H19N3O2. The van der Waals surface area contributed by atoms with Gasteiger partial charge in [-0.15, -0.1) is 0 Å². The molecule has 1 aliphatic carbocycles. The molecule has 0 radical (unpaired) electrons. The lowest BCUT2D eigenvalue weighted by molar-refractivity contribution is 0.102. The molecule has 3 rings (SSSR count). The molecule has 5 heteroatoms. The highest BCUT2D eigenvalue weighted by molar-refractivity contribution is 6.05. The van der Waals surface area contributed by atoms with Gasteiger partial charge < -0.3 is 15.4 Å². The molecule has 1 aromatic heterocycles. The molecule has 1 fully saturated rings. The monoisotopic (exact) mass is 297 g/mol. The highest BCUT2D eigenvalue weighted by Crippen LogP contribution is 2.27. The summed E-state index contributed by atoms with van der Waals surface area (Å²) in [6.07, 6.45) is 5.66. The molecule has 1 aromatic carbocycles. The van der Waals surface area contributed by atoms with E-state index in [2.05, 4.69) is 15.6 Å². The van der Waals surface area contributed by atoms with Crippen LogP contribution in [0.5, 0.6) is 5.75 Å². The lowest BCUT2D eigenvalue weighted by atomic mass is 10.2. The summed E-state index contributed by atoms with van der Waals surface area (Å²) < 4.78 is 5.28. The van der Waals surface area contributed by atoms with E-state index >= 15 is 0 Å². The van der Waals surface area contributed by atoms with E-state index < -0.39 is 0 Å². The fourth-order valence-electron chi connectivity index (χ4n) is 2.22. The maximum Gasteiger partial charge on any atom is 0.257 e. The van der Waals surface area contributed by atoms with E-state index in [1.165, 1.54) is 12.8 Å². The molecule has 0 unspecified atom stereocenters. The lowest BCUT2D eigenvalue weighted by Crippen LogP contribution is -2.14. The number of methoxy groups -OCH3 is 1. The first-order valence-corrected chi connectivity index (χ1v) is 7.33. The Morgan fingerprint density at radius 2 is 2.09 bits per heavy atom. The van der Waals surface area contributed by atoms with E-state index in [1.807, 2.05) is 31.2 Å². The van der Waals surface area contributed by atoms with Gasteiger partial charge in [0.15, 0.2) is 0 Å². The summed E-state index contributed by atoms with van der Waals surface area (Å²) in [5.74, 6) is 0.440. The normalized spacial score (nSPS) is 13.5. The molecule has 0 atom stereocenters. The second kappa shape index (κ2) is 6.05. The number of aromatic nitrogens is 1. The number of hydrogen-bond donors (Lipinski definition) is 2. The van der Waals surface area contributed by atoms with E-state index in [0.29, 0.717) is 23.0 Å². The van der Waals surface area contributed by atoms with Crippen molar-refractivity contribution in [3.05, 3.63) is 47.8 Å². The van der Waals surface area contributed by atoms with Crippen LogP contribution in [-0.4, -0.2) is 24.0 Å². The van der Waals surface area contributed by atoms with Gasteiger partial charge in [-0.3, -0.25) is 9.78 Å². The minimum atomic E-state index is -0.198. The van der Waals surface area contributed by atoms with Crippen molar-refractivity contribution in [2.45, 2.75) is 25.8 Å². The van der Waals surface area contributed by atoms with Gasteiger partial charge in [0, 0.05) is 18.4 Å². The summed E-state index contributed by atoms with van der Waals surface area (Å²) in [5, 5.41) is 6.22. The molecule has 2 aromatic rings. The standard InChI is InChI=1S/C17H19N3O2/c1-11-3-6-16(22-2)15(7-11)20-17(21)12-8-14(10-18-9-12)19-13-4-5-13/h3,6-10,13,19H,4-5H2,1-2H3,(H,20,21). The van der Waals surface area contributed by atoms with E-state index in [1.54, 1.807) is 19.5 Å². The van der Waals surface area contributed by atoms with Crippen molar-refractivity contribution in [3.8, 4) is 5.75 Å². The predicted octanol–water partition coefficient (Wildman–Crippen LogP) is 3.23. The third-order valence-corrected chi connectivity index (χ3v) is 3.55. The highest BCUT2D eigenvalue weighted by atomic mass is 16.5. The average molecular weight is 297 g/mol. The number of carbonyl (C=O) groups excluding carboxylic acids is 1. The van der Waals surface area contributed by atoms with Crippen LogP contribution < -0.4 is 15.4 Å². The van der Waals surface area contributed by atoms with Crippen LogP contribution in [-0.2, 0) is 0 Å². The second-order valence-electron chi connectivity index (χ2n) is 5.54. The van der Waals surface area contributed by atoms with Crippen LogP contribution in [0, 0.1) is 6.92 Å². The largest absolute Gasteiger partial charge is 0.495 e. The minimum Gasteiger partial charge on any atom is -0.495 e. The quantitative estimate of drug-likeness (QED) is 0.889. The number of rotatable bonds is 5. The lowest BCUT2D eigenvalue weighted by Gasteiger charge is -2.11. The molecule has 1 saturated carbocycles. The predicted molar refractivity (Wildman–Crippen MR) is 86.6 cm³/mol. The van der Waals surface area contributed by atoms with Crippen molar-refractivity contribution in [1.82, 2.24) is 4.98 Å². The van der Waals surface area contributed by atoms with Gasteiger partial charge in [0.05, 0.1) is 24.0 Å². The zero-order valence-corrected chi connectivity index (χ0v) is 12.7. The van der Waals surface area contributed by atoms with Crippen molar-refractivity contribution in [2.75, 3.05) is 17.7 Å². The van der Waals surface area contributed by atoms with Crippen molar-refractivity contribution in [2.24, 2.45) is 0 Å². The number of benzene rings is 1. The zero-order valence-electron chi connectivity index (χ0n) is 12.7. The SMILES string of the molecule is COc1ccc(C)cc1NC(=O)c1cncc(NC2CC2)c1. The summed E-state index contributed by atoms with van der Waals surface area (Å²) >= 11 is 0. The summed E-state index contributed by atoms with van der Waals surface area (Å²) in [4.78, 5) is 16.5. The summed E-state index contributed by atoms with van der Waals surface area (Å²) in [5.41, 5.74) is 3.12. The first-order chi connectivity index (χ1) is 10.7. The summed E-state index contributed by atoms with van der Waals surface area (Å²) in [6, 6.07) is 8.01. The fourth-order valence-corrected chi connectivity index (χ4v) is 2.22. The topological polar surface area (TPSA) is 63.2 Å². The smallest absolute Gasteiger partial charge is 0.257 e. The molecule has 1 amide bonds. The van der Waals surface area contributed by atoms with Gasteiger partial charge in [-0.2, -0.15) is 0 Å². The van der Waals surface area contributed by atoms with Crippen molar-refractivity contribution < 1.29 is 9.53 Å². The van der Waals surface area contributed by atoms with E-state index in [4.69, 9.17) is 4.74 Å². The Labute approximate surface area is 129 Å². The van der Waals surface area contributed by atoms with Gasteiger partial charge in [0.25, 0.3) is 5.91 Å². The summed E-state index contributed by atoms with van der Waals surface area (Å²) in [7, 11) is 1.59. The second-order valence-corrected chi connectivity index (χ2v) is 5.54. The number of carbonyl (C=O) groups is 1. The van der Waals surface area contributed by atoms with Crippen molar-refractivity contribution in [1.29, 1.82) is 0 Å². The number of anilines is 2. The highest BCUT2D eigenvalue weighted by Gasteiger charge is 2.21. The van der Waals surface area contributed by atoms with Crippen LogP contribution in [0.25, 0.3) is 0 Å². The Morgan fingerprint density at radius 1 is 1.27 bits per heavy atom. The molecule has 5 nitrogen and oxygen atoms in total. The fraction of sp³-hybridized carbons (Fsp3) is 0.294. The Kier molecular flexibility index (Phi) is 3.96. The van der Waals surface area contributed by atoms with Crippen LogP contribution in [0.4, 0.5) is 11.4 Å². The van der Waals surface area contributed by atoms with Gasteiger partial charge >= 0.3 is 0 Å². The summed E-state index contributed by atoms with van der Waals surface area (Å²) in [6.45, 7) is 1.97. The van der Waals surface area contributed by atoms with Crippen LogP contribution in [0.3, 0.4) is 0 Å². The van der Waals surface area contributed by atoms with Crippen molar-refractivity contribution in [3.63, 3.8) is 0 Å². The first kappa shape index (κ1) is 14.4. The van der Waals surface area contributed by atoms with Crippen LogP contribution >= 0.6 is 0 Å². The number of ether oxygens (including phenoxy) is 1. The Hall–Kier alpha value is -2.56. The number of pyridine rings is 1.